The second-order valence-corrected chi connectivity index (χ2v) is 9.11. The molecule has 2 aromatic heterocycles. The van der Waals surface area contributed by atoms with Gasteiger partial charge in [0.1, 0.15) is 0 Å². The monoisotopic (exact) mass is 469 g/mol. The fourth-order valence-electron chi connectivity index (χ4n) is 4.57. The molecule has 0 bridgehead atoms. The summed E-state index contributed by atoms with van der Waals surface area (Å²) in [6, 6.07) is 1.17. The maximum Gasteiger partial charge on any atom is 0.417 e. The van der Waals surface area contributed by atoms with Gasteiger partial charge in [0.05, 0.1) is 30.5 Å². The summed E-state index contributed by atoms with van der Waals surface area (Å²) in [6.07, 6.45) is -1.27. The van der Waals surface area contributed by atoms with Crippen LogP contribution in [-0.4, -0.2) is 81.9 Å². The number of hydrogen-bond acceptors (Lipinski definition) is 5. The Balaban J connectivity index is 1.42. The predicted octanol–water partition coefficient (Wildman–Crippen LogP) is 3.73. The molecule has 2 fully saturated rings. The van der Waals surface area contributed by atoms with Crippen molar-refractivity contribution in [2.45, 2.75) is 50.9 Å². The molecule has 0 spiro atoms. The molecule has 2 aliphatic heterocycles. The first-order valence-corrected chi connectivity index (χ1v) is 11.3. The highest BCUT2D eigenvalue weighted by Gasteiger charge is 2.33. The molecule has 33 heavy (non-hydrogen) atoms. The summed E-state index contributed by atoms with van der Waals surface area (Å²) in [7, 11) is 0. The van der Waals surface area contributed by atoms with E-state index in [2.05, 4.69) is 15.2 Å². The first-order valence-electron chi connectivity index (χ1n) is 11.3. The highest BCUT2D eigenvalue weighted by Crippen LogP contribution is 2.34. The average Bonchev–Trinajstić information content (AvgIpc) is 3.19. The van der Waals surface area contributed by atoms with Crippen molar-refractivity contribution in [3.05, 3.63) is 29.7 Å². The lowest BCUT2D eigenvalue weighted by Gasteiger charge is -2.37. The second-order valence-electron chi connectivity index (χ2n) is 9.11. The van der Waals surface area contributed by atoms with E-state index in [0.29, 0.717) is 37.6 Å². The van der Waals surface area contributed by atoms with Gasteiger partial charge in [-0.1, -0.05) is 13.8 Å². The Labute approximate surface area is 190 Å². The Morgan fingerprint density at radius 1 is 1.30 bits per heavy atom. The Kier molecular flexibility index (Phi) is 6.71. The minimum Gasteiger partial charge on any atom is -0.465 e. The Morgan fingerprint density at radius 2 is 2.03 bits per heavy atom. The third kappa shape index (κ3) is 5.35. The fraction of sp³-hybridized carbons (Fsp3) is 0.636. The van der Waals surface area contributed by atoms with Crippen LogP contribution in [0.1, 0.15) is 43.9 Å². The number of anilines is 1. The molecule has 1 amide bonds. The van der Waals surface area contributed by atoms with Crippen molar-refractivity contribution in [2.75, 3.05) is 44.6 Å². The van der Waals surface area contributed by atoms with Crippen molar-refractivity contribution >= 4 is 17.4 Å². The Hall–Kier alpha value is -2.53. The SMILES string of the molecule is CC(C)c1cnc2c(NC3CCN(C[C@@H]4CN(C(=O)O)CCO4)CC3)cc(C(F)(F)F)cn12. The first kappa shape index (κ1) is 23.6. The van der Waals surface area contributed by atoms with Crippen molar-refractivity contribution in [1.82, 2.24) is 19.2 Å². The first-order chi connectivity index (χ1) is 15.6. The van der Waals surface area contributed by atoms with Crippen LogP contribution < -0.4 is 5.32 Å². The summed E-state index contributed by atoms with van der Waals surface area (Å²) in [5.74, 6) is 0.0404. The number of aromatic nitrogens is 2. The number of alkyl halides is 3. The van der Waals surface area contributed by atoms with E-state index in [1.165, 1.54) is 4.90 Å². The predicted molar refractivity (Wildman–Crippen MR) is 117 cm³/mol. The maximum atomic E-state index is 13.5. The van der Waals surface area contributed by atoms with Gasteiger partial charge in [0.25, 0.3) is 0 Å². The van der Waals surface area contributed by atoms with E-state index < -0.39 is 17.8 Å². The van der Waals surface area contributed by atoms with Crippen LogP contribution in [0.5, 0.6) is 0 Å². The second kappa shape index (κ2) is 9.38. The number of halogens is 3. The van der Waals surface area contributed by atoms with Crippen molar-refractivity contribution in [1.29, 1.82) is 0 Å². The minimum absolute atomic E-state index is 0.0236. The number of rotatable bonds is 5. The number of morpholine rings is 1. The zero-order valence-electron chi connectivity index (χ0n) is 18.8. The molecule has 4 heterocycles. The summed E-state index contributed by atoms with van der Waals surface area (Å²) < 4.78 is 47.9. The molecule has 2 N–H and O–H groups in total. The normalized spacial score (nSPS) is 21.2. The molecule has 1 atom stereocenters. The summed E-state index contributed by atoms with van der Waals surface area (Å²) in [5.41, 5.74) is 0.922. The van der Waals surface area contributed by atoms with Gasteiger partial charge in [0.2, 0.25) is 0 Å². The van der Waals surface area contributed by atoms with E-state index >= 15 is 0 Å². The van der Waals surface area contributed by atoms with Gasteiger partial charge in [0.15, 0.2) is 5.65 Å². The quantitative estimate of drug-likeness (QED) is 0.695. The molecule has 0 radical (unpaired) electrons. The molecule has 0 unspecified atom stereocenters. The lowest BCUT2D eigenvalue weighted by Crippen LogP contribution is -2.51. The molecular weight excluding hydrogens is 439 g/mol. The topological polar surface area (TPSA) is 82.3 Å². The third-order valence-corrected chi connectivity index (χ3v) is 6.37. The van der Waals surface area contributed by atoms with Gasteiger partial charge in [-0.25, -0.2) is 9.78 Å². The average molecular weight is 470 g/mol. The minimum atomic E-state index is -4.45. The van der Waals surface area contributed by atoms with Crippen molar-refractivity contribution in [2.24, 2.45) is 0 Å². The molecule has 182 valence electrons. The summed E-state index contributed by atoms with van der Waals surface area (Å²) in [5, 5.41) is 12.5. The number of likely N-dealkylation sites (tertiary alicyclic amines) is 1. The molecule has 8 nitrogen and oxygen atoms in total. The lowest BCUT2D eigenvalue weighted by atomic mass is 10.0. The van der Waals surface area contributed by atoms with Crippen molar-refractivity contribution < 1.29 is 27.8 Å². The number of ether oxygens (including phenoxy) is 1. The van der Waals surface area contributed by atoms with Crippen LogP contribution in [0.25, 0.3) is 5.65 Å². The van der Waals surface area contributed by atoms with Crippen LogP contribution in [-0.2, 0) is 10.9 Å². The smallest absolute Gasteiger partial charge is 0.417 e. The van der Waals surface area contributed by atoms with Crippen LogP contribution in [0.15, 0.2) is 18.5 Å². The molecule has 0 aromatic carbocycles. The van der Waals surface area contributed by atoms with E-state index in [0.717, 1.165) is 43.9 Å². The molecule has 0 aliphatic carbocycles. The number of carbonyl (C=O) groups is 1. The van der Waals surface area contributed by atoms with Gasteiger partial charge in [-0.15, -0.1) is 0 Å². The van der Waals surface area contributed by atoms with Gasteiger partial charge in [-0.2, -0.15) is 13.2 Å². The number of piperidine rings is 1. The van der Waals surface area contributed by atoms with Gasteiger partial charge >= 0.3 is 12.3 Å². The highest BCUT2D eigenvalue weighted by atomic mass is 19.4. The zero-order chi connectivity index (χ0) is 23.8. The number of nitrogens with zero attached hydrogens (tertiary/aromatic N) is 4. The van der Waals surface area contributed by atoms with E-state index in [9.17, 15) is 23.1 Å². The van der Waals surface area contributed by atoms with E-state index in [1.54, 1.807) is 10.6 Å². The van der Waals surface area contributed by atoms with Crippen LogP contribution in [0.4, 0.5) is 23.7 Å². The summed E-state index contributed by atoms with van der Waals surface area (Å²) in [4.78, 5) is 19.2. The van der Waals surface area contributed by atoms with E-state index in [4.69, 9.17) is 4.74 Å². The Morgan fingerprint density at radius 3 is 2.67 bits per heavy atom. The van der Waals surface area contributed by atoms with Crippen LogP contribution >= 0.6 is 0 Å². The molecule has 2 aromatic rings. The largest absolute Gasteiger partial charge is 0.465 e. The summed E-state index contributed by atoms with van der Waals surface area (Å²) >= 11 is 0. The highest BCUT2D eigenvalue weighted by molar-refractivity contribution is 5.70. The van der Waals surface area contributed by atoms with Gasteiger partial charge < -0.3 is 29.4 Å². The van der Waals surface area contributed by atoms with Crippen LogP contribution in [0, 0.1) is 0 Å². The zero-order valence-corrected chi connectivity index (χ0v) is 18.8. The number of carboxylic acid groups (broad SMARTS) is 1. The molecule has 2 aliphatic rings. The number of amides is 1. The van der Waals surface area contributed by atoms with Gasteiger partial charge in [0, 0.05) is 50.3 Å². The standard InChI is InChI=1S/C22H30F3N5O3/c1-14(2)19-10-26-20-18(9-15(11-30(19)20)22(23,24)25)27-16-3-5-28(6-4-16)12-17-13-29(21(31)32)7-8-33-17/h9-11,14,16-17,27H,3-8,12-13H2,1-2H3,(H,31,32)/t17-/m1/s1. The molecular formula is C22H30F3N5O3. The fourth-order valence-corrected chi connectivity index (χ4v) is 4.57. The number of hydrogen-bond donors (Lipinski definition) is 2. The number of fused-ring (bicyclic) bond motifs is 1. The number of pyridine rings is 1. The number of nitrogens with one attached hydrogen (secondary N) is 1. The molecule has 4 rings (SSSR count). The van der Waals surface area contributed by atoms with Gasteiger partial charge in [-0.05, 0) is 24.8 Å². The molecule has 0 saturated carbocycles. The Bertz CT molecular complexity index is 986. The van der Waals surface area contributed by atoms with E-state index in [1.807, 2.05) is 13.8 Å². The van der Waals surface area contributed by atoms with Gasteiger partial charge in [-0.3, -0.25) is 0 Å². The summed E-state index contributed by atoms with van der Waals surface area (Å²) in [6.45, 7) is 7.14. The van der Waals surface area contributed by atoms with Crippen LogP contribution in [0.2, 0.25) is 0 Å². The van der Waals surface area contributed by atoms with Crippen LogP contribution in [0.3, 0.4) is 0 Å². The van der Waals surface area contributed by atoms with Crippen molar-refractivity contribution in [3.63, 3.8) is 0 Å². The lowest BCUT2D eigenvalue weighted by molar-refractivity contribution is -0.137. The van der Waals surface area contributed by atoms with E-state index in [-0.39, 0.29) is 18.1 Å². The molecule has 2 saturated heterocycles. The molecule has 11 heteroatoms. The van der Waals surface area contributed by atoms with Crippen molar-refractivity contribution in [3.8, 4) is 0 Å². The third-order valence-electron chi connectivity index (χ3n) is 6.37. The number of imidazole rings is 1. The maximum absolute atomic E-state index is 13.5.